The molecule has 5 atom stereocenters. The summed E-state index contributed by atoms with van der Waals surface area (Å²) >= 11 is 0. The Balaban J connectivity index is 0.00000245. The van der Waals surface area contributed by atoms with Crippen LogP contribution in [0.15, 0.2) is 42.5 Å². The molecule has 3 heterocycles. The first-order valence-corrected chi connectivity index (χ1v) is 17.7. The summed E-state index contributed by atoms with van der Waals surface area (Å²) in [5.74, 6) is 0.820. The summed E-state index contributed by atoms with van der Waals surface area (Å²) in [5, 5.41) is 4.46. The molecule has 1 saturated heterocycles. The number of aryl methyl sites for hydroxylation is 1. The van der Waals surface area contributed by atoms with Gasteiger partial charge in [-0.3, -0.25) is 13.9 Å². The normalized spacial score (nSPS) is 19.5. The molecule has 0 bridgehead atoms. The Hall–Kier alpha value is -3.77. The lowest BCUT2D eigenvalue weighted by Crippen LogP contribution is -2.36. The van der Waals surface area contributed by atoms with Gasteiger partial charge in [0.2, 0.25) is 11.8 Å². The summed E-state index contributed by atoms with van der Waals surface area (Å²) in [6.07, 6.45) is 2.39. The molecular weight excluding hydrogens is 623 g/mol. The SMILES string of the molecule is CC.CCCCCOC(=O)C(C)NP(=O)(OCC1CC(C)C(n2c(C)nc3c(OC)nc(N)nc32)O1)Oc1cccc2ccccc12. The predicted molar refractivity (Wildman–Crippen MR) is 181 cm³/mol. The van der Waals surface area contributed by atoms with Crippen molar-refractivity contribution in [2.24, 2.45) is 5.92 Å². The van der Waals surface area contributed by atoms with E-state index in [1.165, 1.54) is 7.11 Å². The molecule has 13 nitrogen and oxygen atoms in total. The number of nitrogens with one attached hydrogen (secondary N) is 1. The average Bonchev–Trinajstić information content (AvgIpc) is 3.60. The number of nitrogen functional groups attached to an aromatic ring is 1. The summed E-state index contributed by atoms with van der Waals surface area (Å²) in [7, 11) is -2.62. The number of hydrogen-bond acceptors (Lipinski definition) is 11. The van der Waals surface area contributed by atoms with E-state index in [2.05, 4.69) is 27.0 Å². The number of hydrogen-bond donors (Lipinski definition) is 2. The third kappa shape index (κ3) is 8.58. The smallest absolute Gasteiger partial charge is 0.459 e. The Morgan fingerprint density at radius 2 is 1.89 bits per heavy atom. The number of methoxy groups -OCH3 is 1. The zero-order valence-electron chi connectivity index (χ0n) is 28.3. The molecule has 14 heteroatoms. The molecule has 2 aromatic heterocycles. The third-order valence-electron chi connectivity index (χ3n) is 7.70. The number of unbranched alkanes of at least 4 members (excludes halogenated alkanes) is 2. The fourth-order valence-electron chi connectivity index (χ4n) is 5.48. The molecular formula is C33H47N6O7P. The molecule has 0 amide bonds. The van der Waals surface area contributed by atoms with Gasteiger partial charge in [-0.2, -0.15) is 15.1 Å². The van der Waals surface area contributed by atoms with Crippen molar-refractivity contribution in [2.75, 3.05) is 26.1 Å². The maximum atomic E-state index is 14.3. The van der Waals surface area contributed by atoms with Crippen molar-refractivity contribution in [1.29, 1.82) is 0 Å². The van der Waals surface area contributed by atoms with Crippen LogP contribution in [0, 0.1) is 12.8 Å². The maximum absolute atomic E-state index is 14.3. The average molecular weight is 671 g/mol. The van der Waals surface area contributed by atoms with E-state index in [0.29, 0.717) is 29.2 Å². The Labute approximate surface area is 276 Å². The van der Waals surface area contributed by atoms with Crippen molar-refractivity contribution in [1.82, 2.24) is 24.6 Å². The minimum absolute atomic E-state index is 0.0141. The molecule has 1 fully saturated rings. The first kappa shape index (κ1) is 36.1. The van der Waals surface area contributed by atoms with Gasteiger partial charge in [0.25, 0.3) is 0 Å². The molecule has 256 valence electrons. The number of ether oxygens (including phenoxy) is 3. The fourth-order valence-corrected chi connectivity index (χ4v) is 7.02. The maximum Gasteiger partial charge on any atom is 0.459 e. The van der Waals surface area contributed by atoms with Crippen LogP contribution in [0.3, 0.4) is 0 Å². The highest BCUT2D eigenvalue weighted by molar-refractivity contribution is 7.52. The van der Waals surface area contributed by atoms with Crippen LogP contribution in [-0.2, 0) is 23.4 Å². The number of rotatable bonds is 14. The van der Waals surface area contributed by atoms with Gasteiger partial charge in [0.05, 0.1) is 26.4 Å². The molecule has 5 rings (SSSR count). The highest BCUT2D eigenvalue weighted by Gasteiger charge is 2.39. The number of nitrogens with two attached hydrogens (primary N) is 1. The topological polar surface area (TPSA) is 162 Å². The zero-order chi connectivity index (χ0) is 34.1. The summed E-state index contributed by atoms with van der Waals surface area (Å²) < 4.78 is 45.5. The highest BCUT2D eigenvalue weighted by atomic mass is 31.2. The quantitative estimate of drug-likeness (QED) is 0.0826. The summed E-state index contributed by atoms with van der Waals surface area (Å²) in [5.41, 5.74) is 6.92. The van der Waals surface area contributed by atoms with Crippen LogP contribution in [0.2, 0.25) is 0 Å². The highest BCUT2D eigenvalue weighted by Crippen LogP contribution is 2.48. The van der Waals surface area contributed by atoms with Crippen LogP contribution >= 0.6 is 7.75 Å². The third-order valence-corrected chi connectivity index (χ3v) is 9.33. The zero-order valence-corrected chi connectivity index (χ0v) is 29.2. The van der Waals surface area contributed by atoms with E-state index < -0.39 is 32.1 Å². The second kappa shape index (κ2) is 16.4. The Kier molecular flexibility index (Phi) is 12.6. The molecule has 2 aromatic carbocycles. The molecule has 47 heavy (non-hydrogen) atoms. The monoisotopic (exact) mass is 670 g/mol. The first-order valence-electron chi connectivity index (χ1n) is 16.2. The number of aromatic nitrogens is 4. The minimum Gasteiger partial charge on any atom is -0.479 e. The molecule has 0 radical (unpaired) electrons. The van der Waals surface area contributed by atoms with Gasteiger partial charge in [0.1, 0.15) is 23.8 Å². The Bertz CT molecular complexity index is 1690. The fraction of sp³-hybridized carbons (Fsp3) is 0.515. The van der Waals surface area contributed by atoms with Crippen LogP contribution in [0.5, 0.6) is 11.6 Å². The largest absolute Gasteiger partial charge is 0.479 e. The van der Waals surface area contributed by atoms with E-state index >= 15 is 0 Å². The van der Waals surface area contributed by atoms with E-state index in [-0.39, 0.29) is 31.0 Å². The second-order valence-corrected chi connectivity index (χ2v) is 12.9. The Morgan fingerprint density at radius 1 is 1.15 bits per heavy atom. The van der Waals surface area contributed by atoms with E-state index in [9.17, 15) is 9.36 Å². The van der Waals surface area contributed by atoms with Gasteiger partial charge in [-0.15, -0.1) is 0 Å². The van der Waals surface area contributed by atoms with Crippen molar-refractivity contribution >= 4 is 41.6 Å². The van der Waals surface area contributed by atoms with Gasteiger partial charge in [-0.1, -0.05) is 76.9 Å². The number of benzene rings is 2. The summed E-state index contributed by atoms with van der Waals surface area (Å²) in [6, 6.07) is 12.1. The van der Waals surface area contributed by atoms with Crippen molar-refractivity contribution in [3.05, 3.63) is 48.3 Å². The molecule has 1 aliphatic rings. The number of carbonyl (C=O) groups is 1. The lowest BCUT2D eigenvalue weighted by molar-refractivity contribution is -0.145. The van der Waals surface area contributed by atoms with Gasteiger partial charge in [0.15, 0.2) is 11.2 Å². The van der Waals surface area contributed by atoms with Crippen LogP contribution in [-0.4, -0.2) is 58.0 Å². The predicted octanol–water partition coefficient (Wildman–Crippen LogP) is 6.74. The van der Waals surface area contributed by atoms with Gasteiger partial charge in [0, 0.05) is 11.3 Å². The van der Waals surface area contributed by atoms with E-state index in [0.717, 1.165) is 30.0 Å². The number of anilines is 1. The molecule has 1 aliphatic heterocycles. The van der Waals surface area contributed by atoms with E-state index in [1.807, 2.05) is 68.7 Å². The second-order valence-electron chi connectivity index (χ2n) is 11.2. The van der Waals surface area contributed by atoms with Crippen LogP contribution in [0.25, 0.3) is 21.9 Å². The molecule has 0 spiro atoms. The number of esters is 1. The first-order chi connectivity index (χ1) is 22.6. The number of carbonyl (C=O) groups excluding carboxylic acids is 1. The van der Waals surface area contributed by atoms with Gasteiger partial charge in [-0.05, 0) is 38.1 Å². The number of imidazole rings is 1. The van der Waals surface area contributed by atoms with Gasteiger partial charge >= 0.3 is 13.7 Å². The molecule has 4 aromatic rings. The molecule has 3 N–H and O–H groups in total. The lowest BCUT2D eigenvalue weighted by atomic mass is 10.1. The van der Waals surface area contributed by atoms with Gasteiger partial charge < -0.3 is 24.5 Å². The number of nitrogens with zero attached hydrogens (tertiary/aromatic N) is 4. The standard InChI is InChI=1S/C31H41N6O7P.C2H6/c1-6-7-10-16-41-30(38)20(3)36-45(39,44-25-15-11-13-22-12-8-9-14-24(22)25)42-18-23-17-19(2)29(43-23)37-21(4)33-26-27(37)34-31(32)35-28(26)40-5;1-2/h8-9,11-15,19-20,23,29H,6-7,10,16-18H2,1-5H3,(H,36,39)(H2,32,34,35);1-2H3. The molecule has 0 saturated carbocycles. The summed E-state index contributed by atoms with van der Waals surface area (Å²) in [6.45, 7) is 11.7. The van der Waals surface area contributed by atoms with Crippen LogP contribution in [0.4, 0.5) is 5.95 Å². The van der Waals surface area contributed by atoms with Crippen LogP contribution < -0.4 is 20.1 Å². The van der Waals surface area contributed by atoms with Crippen molar-refractivity contribution in [3.8, 4) is 11.6 Å². The van der Waals surface area contributed by atoms with Crippen molar-refractivity contribution in [3.63, 3.8) is 0 Å². The van der Waals surface area contributed by atoms with Crippen molar-refractivity contribution < 1.29 is 32.6 Å². The van der Waals surface area contributed by atoms with E-state index in [1.54, 1.807) is 13.0 Å². The molecule has 5 unspecified atom stereocenters. The summed E-state index contributed by atoms with van der Waals surface area (Å²) in [4.78, 5) is 25.9. The van der Waals surface area contributed by atoms with Crippen LogP contribution in [0.1, 0.15) is 72.4 Å². The Morgan fingerprint density at radius 3 is 2.64 bits per heavy atom. The molecule has 0 aliphatic carbocycles. The lowest BCUT2D eigenvalue weighted by Gasteiger charge is -2.25. The van der Waals surface area contributed by atoms with E-state index in [4.69, 9.17) is 29.0 Å². The van der Waals surface area contributed by atoms with Gasteiger partial charge in [-0.25, -0.2) is 9.55 Å². The minimum atomic E-state index is -4.12. The van der Waals surface area contributed by atoms with Crippen molar-refractivity contribution in [2.45, 2.75) is 85.6 Å². The number of fused-ring (bicyclic) bond motifs is 2.